The maximum Gasteiger partial charge on any atom is 0.0901 e. The van der Waals surface area contributed by atoms with Crippen LogP contribution in [0.15, 0.2) is 35.7 Å². The molecule has 5 heteroatoms. The lowest BCUT2D eigenvalue weighted by Crippen LogP contribution is -2.23. The maximum atomic E-state index is 6.08. The summed E-state index contributed by atoms with van der Waals surface area (Å²) in [6.45, 7) is 6.65. The van der Waals surface area contributed by atoms with Crippen LogP contribution in [0.25, 0.3) is 10.9 Å². The van der Waals surface area contributed by atoms with Gasteiger partial charge in [0.1, 0.15) is 0 Å². The molecule has 1 fully saturated rings. The Balaban J connectivity index is 1.48. The molecule has 4 nitrogen and oxygen atoms in total. The number of aryl methyl sites for hydroxylation is 2. The second-order valence-corrected chi connectivity index (χ2v) is 7.39. The molecular formula is C19H21N3OS. The third kappa shape index (κ3) is 3.14. The summed E-state index contributed by atoms with van der Waals surface area (Å²) >= 11 is 1.68. The number of pyridine rings is 1. The van der Waals surface area contributed by atoms with Crippen LogP contribution in [0.2, 0.25) is 0 Å². The Labute approximate surface area is 146 Å². The first kappa shape index (κ1) is 15.5. The van der Waals surface area contributed by atoms with Gasteiger partial charge in [0.25, 0.3) is 0 Å². The Morgan fingerprint density at radius 1 is 1.25 bits per heavy atom. The van der Waals surface area contributed by atoms with E-state index < -0.39 is 0 Å². The number of para-hydroxylation sites is 1. The van der Waals surface area contributed by atoms with Gasteiger partial charge in [-0.2, -0.15) is 0 Å². The summed E-state index contributed by atoms with van der Waals surface area (Å²) in [5, 5.41) is 4.40. The molecule has 0 bridgehead atoms. The summed E-state index contributed by atoms with van der Waals surface area (Å²) < 4.78 is 6.08. The Kier molecular flexibility index (Phi) is 4.21. The Morgan fingerprint density at radius 2 is 2.12 bits per heavy atom. The van der Waals surface area contributed by atoms with Gasteiger partial charge in [0.05, 0.1) is 28.9 Å². The van der Waals surface area contributed by atoms with Gasteiger partial charge >= 0.3 is 0 Å². The molecule has 0 aliphatic carbocycles. The van der Waals surface area contributed by atoms with Crippen LogP contribution in [-0.2, 0) is 11.3 Å². The molecular weight excluding hydrogens is 318 g/mol. The molecule has 1 saturated heterocycles. The molecule has 1 aromatic carbocycles. The highest BCUT2D eigenvalue weighted by atomic mass is 32.1. The fraction of sp³-hybridized carbons (Fsp3) is 0.368. The minimum Gasteiger partial charge on any atom is -0.370 e. The van der Waals surface area contributed by atoms with Crippen LogP contribution in [0.1, 0.15) is 22.8 Å². The van der Waals surface area contributed by atoms with Gasteiger partial charge in [0.15, 0.2) is 0 Å². The van der Waals surface area contributed by atoms with Crippen molar-refractivity contribution < 1.29 is 4.74 Å². The Hall–Kier alpha value is -1.98. The number of anilines is 1. The van der Waals surface area contributed by atoms with E-state index in [4.69, 9.17) is 4.74 Å². The van der Waals surface area contributed by atoms with Crippen LogP contribution in [0.3, 0.4) is 0 Å². The monoisotopic (exact) mass is 339 g/mol. The van der Waals surface area contributed by atoms with Crippen LogP contribution >= 0.6 is 11.3 Å². The van der Waals surface area contributed by atoms with E-state index in [0.717, 1.165) is 41.4 Å². The zero-order chi connectivity index (χ0) is 16.5. The standard InChI is InChI=1S/C19H21N3OS/c1-13-9-19(17-5-3-4-6-18(17)20-13)22-8-7-16(10-22)23-11-15-12-24-14(2)21-15/h3-6,9,12,16H,7-8,10-11H2,1-2H3. The minimum atomic E-state index is 0.263. The highest BCUT2D eigenvalue weighted by molar-refractivity contribution is 7.09. The average molecular weight is 339 g/mol. The highest BCUT2D eigenvalue weighted by Gasteiger charge is 2.25. The smallest absolute Gasteiger partial charge is 0.0901 e. The van der Waals surface area contributed by atoms with Crippen molar-refractivity contribution in [1.82, 2.24) is 9.97 Å². The second-order valence-electron chi connectivity index (χ2n) is 6.33. The lowest BCUT2D eigenvalue weighted by atomic mass is 10.1. The number of ether oxygens (including phenoxy) is 1. The Bertz CT molecular complexity index is 861. The van der Waals surface area contributed by atoms with E-state index in [0.29, 0.717) is 6.61 Å². The lowest BCUT2D eigenvalue weighted by Gasteiger charge is -2.21. The first-order valence-electron chi connectivity index (χ1n) is 8.33. The number of benzene rings is 1. The molecule has 0 amide bonds. The number of nitrogens with zero attached hydrogens (tertiary/aromatic N) is 3. The van der Waals surface area contributed by atoms with Crippen LogP contribution < -0.4 is 4.90 Å². The molecule has 0 N–H and O–H groups in total. The van der Waals surface area contributed by atoms with E-state index >= 15 is 0 Å². The molecule has 1 aliphatic rings. The summed E-state index contributed by atoms with van der Waals surface area (Å²) in [6, 6.07) is 10.6. The SMILES string of the molecule is Cc1cc(N2CCC(OCc3csc(C)n3)C2)c2ccccc2n1. The third-order valence-electron chi connectivity index (χ3n) is 4.44. The van der Waals surface area contributed by atoms with E-state index in [9.17, 15) is 0 Å². The fourth-order valence-corrected chi connectivity index (χ4v) is 3.91. The average Bonchev–Trinajstić information content (AvgIpc) is 3.21. The maximum absolute atomic E-state index is 6.08. The first-order chi connectivity index (χ1) is 11.7. The molecule has 0 saturated carbocycles. The number of hydrogen-bond donors (Lipinski definition) is 0. The van der Waals surface area contributed by atoms with Crippen molar-refractivity contribution in [3.05, 3.63) is 52.1 Å². The van der Waals surface area contributed by atoms with Crippen LogP contribution in [0.4, 0.5) is 5.69 Å². The lowest BCUT2D eigenvalue weighted by molar-refractivity contribution is 0.0536. The van der Waals surface area contributed by atoms with Crippen molar-refractivity contribution in [3.8, 4) is 0 Å². The van der Waals surface area contributed by atoms with Crippen molar-refractivity contribution in [2.75, 3.05) is 18.0 Å². The van der Waals surface area contributed by atoms with Crippen molar-refractivity contribution >= 4 is 27.9 Å². The fourth-order valence-electron chi connectivity index (χ4n) is 3.31. The number of rotatable bonds is 4. The van der Waals surface area contributed by atoms with Gasteiger partial charge in [0.2, 0.25) is 0 Å². The number of aromatic nitrogens is 2. The van der Waals surface area contributed by atoms with E-state index in [1.54, 1.807) is 11.3 Å². The zero-order valence-corrected chi connectivity index (χ0v) is 14.8. The molecule has 3 aromatic rings. The van der Waals surface area contributed by atoms with Crippen molar-refractivity contribution in [3.63, 3.8) is 0 Å². The van der Waals surface area contributed by atoms with Gasteiger partial charge in [-0.25, -0.2) is 4.98 Å². The van der Waals surface area contributed by atoms with Crippen molar-refractivity contribution in [2.24, 2.45) is 0 Å². The largest absolute Gasteiger partial charge is 0.370 e. The zero-order valence-electron chi connectivity index (χ0n) is 14.0. The first-order valence-corrected chi connectivity index (χ1v) is 9.21. The normalized spacial score (nSPS) is 17.8. The van der Waals surface area contributed by atoms with Crippen LogP contribution in [-0.4, -0.2) is 29.2 Å². The molecule has 1 unspecified atom stereocenters. The number of thiazole rings is 1. The van der Waals surface area contributed by atoms with Gasteiger partial charge in [-0.3, -0.25) is 4.98 Å². The molecule has 0 radical (unpaired) electrons. The summed E-state index contributed by atoms with van der Waals surface area (Å²) in [5.41, 5.74) is 4.44. The van der Waals surface area contributed by atoms with Gasteiger partial charge in [-0.15, -0.1) is 11.3 Å². The molecule has 3 heterocycles. The molecule has 2 aromatic heterocycles. The molecule has 4 rings (SSSR count). The number of hydrogen-bond acceptors (Lipinski definition) is 5. The van der Waals surface area contributed by atoms with E-state index in [1.165, 1.54) is 11.1 Å². The summed E-state index contributed by atoms with van der Waals surface area (Å²) in [5.74, 6) is 0. The van der Waals surface area contributed by atoms with Gasteiger partial charge in [-0.1, -0.05) is 18.2 Å². The molecule has 0 spiro atoms. The quantitative estimate of drug-likeness (QED) is 0.717. The Morgan fingerprint density at radius 3 is 2.96 bits per heavy atom. The molecule has 1 atom stereocenters. The second kappa shape index (κ2) is 6.49. The summed E-state index contributed by atoms with van der Waals surface area (Å²) in [4.78, 5) is 11.5. The predicted octanol–water partition coefficient (Wildman–Crippen LogP) is 4.10. The van der Waals surface area contributed by atoms with Crippen molar-refractivity contribution in [1.29, 1.82) is 0 Å². The van der Waals surface area contributed by atoms with E-state index in [2.05, 4.69) is 51.4 Å². The third-order valence-corrected chi connectivity index (χ3v) is 5.26. The minimum absolute atomic E-state index is 0.263. The van der Waals surface area contributed by atoms with Crippen LogP contribution in [0.5, 0.6) is 0 Å². The molecule has 124 valence electrons. The van der Waals surface area contributed by atoms with Gasteiger partial charge < -0.3 is 9.64 Å². The number of fused-ring (bicyclic) bond motifs is 1. The summed E-state index contributed by atoms with van der Waals surface area (Å²) in [6.07, 6.45) is 1.32. The highest BCUT2D eigenvalue weighted by Crippen LogP contribution is 2.30. The van der Waals surface area contributed by atoms with Gasteiger partial charge in [-0.05, 0) is 32.4 Å². The van der Waals surface area contributed by atoms with Crippen molar-refractivity contribution in [2.45, 2.75) is 33.0 Å². The molecule has 24 heavy (non-hydrogen) atoms. The predicted molar refractivity (Wildman–Crippen MR) is 98.7 cm³/mol. The van der Waals surface area contributed by atoms with Crippen LogP contribution in [0, 0.1) is 13.8 Å². The van der Waals surface area contributed by atoms with E-state index in [-0.39, 0.29) is 6.10 Å². The van der Waals surface area contributed by atoms with E-state index in [1.807, 2.05) is 13.0 Å². The van der Waals surface area contributed by atoms with Gasteiger partial charge in [0, 0.05) is 35.2 Å². The molecule has 1 aliphatic heterocycles. The topological polar surface area (TPSA) is 38.2 Å². The summed E-state index contributed by atoms with van der Waals surface area (Å²) in [7, 11) is 0.